The highest BCUT2D eigenvalue weighted by Gasteiger charge is 2.28. The van der Waals surface area contributed by atoms with Crippen molar-refractivity contribution in [1.29, 1.82) is 0 Å². The lowest BCUT2D eigenvalue weighted by Gasteiger charge is -2.28. The molecule has 1 aliphatic carbocycles. The molecule has 0 bridgehead atoms. The average molecular weight is 460 g/mol. The second kappa shape index (κ2) is 8.91. The van der Waals surface area contributed by atoms with Crippen molar-refractivity contribution in [3.05, 3.63) is 63.9 Å². The van der Waals surface area contributed by atoms with Crippen molar-refractivity contribution in [2.75, 3.05) is 0 Å². The zero-order valence-electron chi connectivity index (χ0n) is 17.0. The molecular weight excluding hydrogens is 437 g/mol. The molecular formula is C23H23Cl2N3O3. The van der Waals surface area contributed by atoms with Gasteiger partial charge in [0, 0.05) is 16.3 Å². The van der Waals surface area contributed by atoms with Crippen LogP contribution in [0.5, 0.6) is 5.75 Å². The number of aromatic nitrogens is 2. The minimum atomic E-state index is -0.553. The van der Waals surface area contributed by atoms with E-state index in [0.717, 1.165) is 24.9 Å². The molecule has 0 spiro atoms. The molecule has 1 fully saturated rings. The number of benzene rings is 2. The number of aliphatic hydroxyl groups is 1. The molecule has 0 saturated heterocycles. The van der Waals surface area contributed by atoms with Gasteiger partial charge in [0.15, 0.2) is 0 Å². The molecule has 0 aliphatic heterocycles. The second-order valence-corrected chi connectivity index (χ2v) is 8.62. The SMILES string of the molecule is Cc1c(C(=O)N[C@H]2CCCC[C@H]2O)nc(-c2ccc(Cl)cc2Cl)n1-c1ccc(O)cc1. The predicted molar refractivity (Wildman–Crippen MR) is 121 cm³/mol. The fourth-order valence-electron chi connectivity index (χ4n) is 4.00. The molecule has 162 valence electrons. The number of hydrogen-bond acceptors (Lipinski definition) is 4. The van der Waals surface area contributed by atoms with E-state index in [2.05, 4.69) is 10.3 Å². The molecule has 0 radical (unpaired) electrons. The van der Waals surface area contributed by atoms with E-state index in [1.54, 1.807) is 49.4 Å². The van der Waals surface area contributed by atoms with E-state index >= 15 is 0 Å². The van der Waals surface area contributed by atoms with E-state index in [1.165, 1.54) is 0 Å². The van der Waals surface area contributed by atoms with Crippen LogP contribution in [0.3, 0.4) is 0 Å². The number of nitrogens with one attached hydrogen (secondary N) is 1. The Bertz CT molecular complexity index is 1110. The van der Waals surface area contributed by atoms with Crippen molar-refractivity contribution in [3.8, 4) is 22.8 Å². The van der Waals surface area contributed by atoms with E-state index in [0.29, 0.717) is 33.5 Å². The number of hydrogen-bond donors (Lipinski definition) is 3. The van der Waals surface area contributed by atoms with Crippen molar-refractivity contribution < 1.29 is 15.0 Å². The first-order valence-corrected chi connectivity index (χ1v) is 10.9. The van der Waals surface area contributed by atoms with Crippen LogP contribution in [0.4, 0.5) is 0 Å². The summed E-state index contributed by atoms with van der Waals surface area (Å²) in [7, 11) is 0. The maximum atomic E-state index is 13.1. The van der Waals surface area contributed by atoms with Gasteiger partial charge in [0.05, 0.1) is 22.9 Å². The molecule has 1 aromatic heterocycles. The van der Waals surface area contributed by atoms with Crippen molar-refractivity contribution in [2.24, 2.45) is 0 Å². The Morgan fingerprint density at radius 2 is 1.84 bits per heavy atom. The Morgan fingerprint density at radius 1 is 1.13 bits per heavy atom. The fraction of sp³-hybridized carbons (Fsp3) is 0.304. The Balaban J connectivity index is 1.80. The Labute approximate surface area is 190 Å². The lowest BCUT2D eigenvalue weighted by atomic mass is 9.92. The summed E-state index contributed by atoms with van der Waals surface area (Å²) >= 11 is 12.5. The first-order valence-electron chi connectivity index (χ1n) is 10.2. The van der Waals surface area contributed by atoms with Gasteiger partial charge < -0.3 is 15.5 Å². The van der Waals surface area contributed by atoms with E-state index in [4.69, 9.17) is 23.2 Å². The molecule has 4 rings (SSSR count). The largest absolute Gasteiger partial charge is 0.508 e. The third kappa shape index (κ3) is 4.42. The number of amides is 1. The lowest BCUT2D eigenvalue weighted by molar-refractivity contribution is 0.0713. The van der Waals surface area contributed by atoms with Crippen molar-refractivity contribution in [2.45, 2.75) is 44.8 Å². The van der Waals surface area contributed by atoms with Crippen LogP contribution in [0.2, 0.25) is 10.0 Å². The number of carbonyl (C=O) groups excluding carboxylic acids is 1. The summed E-state index contributed by atoms with van der Waals surface area (Å²) in [5.74, 6) is 0.281. The molecule has 1 aliphatic rings. The van der Waals surface area contributed by atoms with Crippen LogP contribution < -0.4 is 5.32 Å². The number of rotatable bonds is 4. The highest BCUT2D eigenvalue weighted by atomic mass is 35.5. The second-order valence-electron chi connectivity index (χ2n) is 7.78. The summed E-state index contributed by atoms with van der Waals surface area (Å²) in [4.78, 5) is 17.7. The Morgan fingerprint density at radius 3 is 2.52 bits per heavy atom. The van der Waals surface area contributed by atoms with Gasteiger partial charge in [-0.05, 0) is 62.2 Å². The molecule has 3 N–H and O–H groups in total. The van der Waals surface area contributed by atoms with Crippen molar-refractivity contribution in [3.63, 3.8) is 0 Å². The molecule has 1 amide bonds. The third-order valence-corrected chi connectivity index (χ3v) is 6.20. The first-order chi connectivity index (χ1) is 14.8. The highest BCUT2D eigenvalue weighted by molar-refractivity contribution is 6.36. The van der Waals surface area contributed by atoms with Gasteiger partial charge in [-0.1, -0.05) is 36.0 Å². The molecule has 2 aromatic carbocycles. The molecule has 6 nitrogen and oxygen atoms in total. The predicted octanol–water partition coefficient (Wildman–Crippen LogP) is 4.89. The minimum absolute atomic E-state index is 0.136. The first kappa shape index (κ1) is 21.7. The third-order valence-electron chi connectivity index (χ3n) is 5.65. The number of phenolic OH excluding ortho intramolecular Hbond substituents is 1. The number of phenols is 1. The maximum Gasteiger partial charge on any atom is 0.272 e. The maximum absolute atomic E-state index is 13.1. The minimum Gasteiger partial charge on any atom is -0.508 e. The number of aromatic hydroxyl groups is 1. The van der Waals surface area contributed by atoms with Crippen molar-refractivity contribution >= 4 is 29.1 Å². The lowest BCUT2D eigenvalue weighted by Crippen LogP contribution is -2.45. The van der Waals surface area contributed by atoms with Crippen molar-refractivity contribution in [1.82, 2.24) is 14.9 Å². The Kier molecular flexibility index (Phi) is 6.23. The van der Waals surface area contributed by atoms with Crippen LogP contribution in [-0.4, -0.2) is 37.8 Å². The van der Waals surface area contributed by atoms with Gasteiger partial charge in [0.2, 0.25) is 0 Å². The van der Waals surface area contributed by atoms with Gasteiger partial charge in [0.25, 0.3) is 5.91 Å². The molecule has 3 aromatic rings. The summed E-state index contributed by atoms with van der Waals surface area (Å²) < 4.78 is 1.82. The van der Waals surface area contributed by atoms with Crippen LogP contribution in [0.25, 0.3) is 17.1 Å². The van der Waals surface area contributed by atoms with Gasteiger partial charge in [-0.2, -0.15) is 0 Å². The van der Waals surface area contributed by atoms with Gasteiger partial charge >= 0.3 is 0 Å². The molecule has 1 saturated carbocycles. The summed E-state index contributed by atoms with van der Waals surface area (Å²) in [6.07, 6.45) is 2.79. The van der Waals surface area contributed by atoms with Gasteiger partial charge in [-0.3, -0.25) is 9.36 Å². The topological polar surface area (TPSA) is 87.4 Å². The summed E-state index contributed by atoms with van der Waals surface area (Å²) in [6, 6.07) is 11.4. The van der Waals surface area contributed by atoms with Crippen LogP contribution in [-0.2, 0) is 0 Å². The molecule has 2 atom stereocenters. The van der Waals surface area contributed by atoms with Crippen LogP contribution in [0, 0.1) is 6.92 Å². The van der Waals surface area contributed by atoms with E-state index in [-0.39, 0.29) is 23.4 Å². The van der Waals surface area contributed by atoms with Crippen LogP contribution >= 0.6 is 23.2 Å². The summed E-state index contributed by atoms with van der Waals surface area (Å²) in [6.45, 7) is 1.80. The van der Waals surface area contributed by atoms with E-state index in [9.17, 15) is 15.0 Å². The number of aliphatic hydroxyl groups excluding tert-OH is 1. The zero-order valence-corrected chi connectivity index (χ0v) is 18.5. The van der Waals surface area contributed by atoms with Crippen LogP contribution in [0.1, 0.15) is 41.9 Å². The zero-order chi connectivity index (χ0) is 22.1. The average Bonchev–Trinajstić information content (AvgIpc) is 3.07. The van der Waals surface area contributed by atoms with Gasteiger partial charge in [-0.25, -0.2) is 4.98 Å². The fourth-order valence-corrected chi connectivity index (χ4v) is 4.50. The number of halogens is 2. The number of carbonyl (C=O) groups is 1. The van der Waals surface area contributed by atoms with Crippen LogP contribution in [0.15, 0.2) is 42.5 Å². The smallest absolute Gasteiger partial charge is 0.272 e. The number of imidazole rings is 1. The molecule has 0 unspecified atom stereocenters. The van der Waals surface area contributed by atoms with E-state index < -0.39 is 6.10 Å². The van der Waals surface area contributed by atoms with E-state index in [1.807, 2.05) is 4.57 Å². The summed E-state index contributed by atoms with van der Waals surface area (Å²) in [5, 5.41) is 23.8. The standard InChI is InChI=1S/C23H23Cl2N3O3/c1-13-21(23(31)26-19-4-2-3-5-20(19)30)27-22(17-11-6-14(24)12-18(17)25)28(13)15-7-9-16(29)10-8-15/h6-12,19-20,29-30H,2-5H2,1H3,(H,26,31)/t19-,20+/m0/s1. The van der Waals surface area contributed by atoms with Gasteiger partial charge in [-0.15, -0.1) is 0 Å². The highest BCUT2D eigenvalue weighted by Crippen LogP contribution is 2.33. The number of nitrogens with zero attached hydrogens (tertiary/aromatic N) is 2. The molecule has 31 heavy (non-hydrogen) atoms. The quantitative estimate of drug-likeness (QED) is 0.517. The molecule has 1 heterocycles. The normalized spacial score (nSPS) is 18.7. The molecule has 8 heteroatoms. The monoisotopic (exact) mass is 459 g/mol. The summed E-state index contributed by atoms with van der Waals surface area (Å²) in [5.41, 5.74) is 2.22. The van der Waals surface area contributed by atoms with Gasteiger partial charge in [0.1, 0.15) is 17.3 Å². The Hall–Kier alpha value is -2.54.